The number of hydrogen-bond donors (Lipinski definition) is 1. The van der Waals surface area contributed by atoms with Gasteiger partial charge in [-0.2, -0.15) is 0 Å². The Labute approximate surface area is 265 Å². The summed E-state index contributed by atoms with van der Waals surface area (Å²) in [6, 6.07) is 18.0. The number of benzene rings is 2. The van der Waals surface area contributed by atoms with Gasteiger partial charge in [0.1, 0.15) is 24.9 Å². The normalized spacial score (nSPS) is 22.7. The molecule has 13 heteroatoms. The lowest BCUT2D eigenvalue weighted by atomic mass is 9.97. The molecule has 0 bridgehead atoms. The molecule has 0 spiro atoms. The van der Waals surface area contributed by atoms with Gasteiger partial charge >= 0.3 is 11.9 Å². The van der Waals surface area contributed by atoms with Gasteiger partial charge in [0.05, 0.1) is 19.8 Å². The minimum atomic E-state index is -2.25. The fraction of sp³-hybridized carbons (Fsp3) is 0.433. The van der Waals surface area contributed by atoms with Crippen molar-refractivity contribution in [3.05, 3.63) is 84.4 Å². The number of halogens is 3. The van der Waals surface area contributed by atoms with Crippen molar-refractivity contribution in [3.8, 4) is 0 Å². The molecule has 1 saturated heterocycles. The van der Waals surface area contributed by atoms with Crippen molar-refractivity contribution in [2.75, 3.05) is 19.8 Å². The van der Waals surface area contributed by atoms with Crippen LogP contribution >= 0.6 is 34.8 Å². The Morgan fingerprint density at radius 2 is 1.65 bits per heavy atom. The van der Waals surface area contributed by atoms with E-state index in [1.807, 2.05) is 30.3 Å². The monoisotopic (exact) mass is 657 g/mol. The average Bonchev–Trinajstić information content (AvgIpc) is 2.98. The predicted molar refractivity (Wildman–Crippen MR) is 160 cm³/mol. The Hall–Kier alpha value is -2.70. The van der Waals surface area contributed by atoms with Crippen LogP contribution in [0.15, 0.2) is 73.3 Å². The molecule has 43 heavy (non-hydrogen) atoms. The van der Waals surface area contributed by atoms with Crippen LogP contribution in [0.25, 0.3) is 0 Å². The summed E-state index contributed by atoms with van der Waals surface area (Å²) in [5.41, 5.74) is 1.32. The standard InChI is InChI=1S/C30H34Cl3NO9/c1-4-16-38-25-24(40-17-20-12-8-6-9-13-20)22(18-39-19(3)35)41-28(43-29(34)30(31,32)33)26(25)42-23(27(36)37-5-2)21-14-10-7-11-15-21/h4,6-15,22-26,28,34H,1,5,16-18H2,2-3H3/t22-,23-,24-,25+,26-,28?/m1/s1. The Balaban J connectivity index is 2.08. The molecule has 3 rings (SSSR count). The lowest BCUT2D eigenvalue weighted by Gasteiger charge is -2.46. The van der Waals surface area contributed by atoms with E-state index in [1.54, 1.807) is 37.3 Å². The van der Waals surface area contributed by atoms with Crippen LogP contribution in [0.1, 0.15) is 31.1 Å². The number of ether oxygens (including phenoxy) is 7. The molecule has 6 atom stereocenters. The molecule has 1 aliphatic rings. The number of carbonyl (C=O) groups is 2. The number of hydrogen-bond acceptors (Lipinski definition) is 10. The van der Waals surface area contributed by atoms with Crippen LogP contribution in [0.5, 0.6) is 0 Å². The Morgan fingerprint density at radius 3 is 2.23 bits per heavy atom. The van der Waals surface area contributed by atoms with Crippen LogP contribution in [-0.2, 0) is 49.4 Å². The molecule has 2 aromatic carbocycles. The van der Waals surface area contributed by atoms with E-state index in [-0.39, 0.29) is 26.4 Å². The highest BCUT2D eigenvalue weighted by atomic mass is 35.6. The summed E-state index contributed by atoms with van der Waals surface area (Å²) in [6.45, 7) is 6.62. The van der Waals surface area contributed by atoms with Gasteiger partial charge in [-0.05, 0) is 18.1 Å². The van der Waals surface area contributed by atoms with Crippen molar-refractivity contribution in [2.24, 2.45) is 0 Å². The van der Waals surface area contributed by atoms with Crippen LogP contribution in [0.2, 0.25) is 0 Å². The van der Waals surface area contributed by atoms with Crippen LogP contribution in [0.4, 0.5) is 0 Å². The van der Waals surface area contributed by atoms with Gasteiger partial charge in [-0.15, -0.1) is 6.58 Å². The summed E-state index contributed by atoms with van der Waals surface area (Å²) in [6.07, 6.45) is -5.48. The molecule has 10 nitrogen and oxygen atoms in total. The highest BCUT2D eigenvalue weighted by Gasteiger charge is 2.52. The molecule has 234 valence electrons. The maximum Gasteiger partial charge on any atom is 0.339 e. The summed E-state index contributed by atoms with van der Waals surface area (Å²) < 4.78 is 39.1. The third kappa shape index (κ3) is 10.5. The second kappa shape index (κ2) is 17.0. The zero-order valence-electron chi connectivity index (χ0n) is 23.7. The number of rotatable bonds is 14. The van der Waals surface area contributed by atoms with E-state index in [2.05, 4.69) is 6.58 Å². The summed E-state index contributed by atoms with van der Waals surface area (Å²) in [5.74, 6) is -2.03. The Kier molecular flexibility index (Phi) is 13.7. The van der Waals surface area contributed by atoms with Gasteiger partial charge in [-0.3, -0.25) is 10.2 Å². The molecule has 1 N–H and O–H groups in total. The van der Waals surface area contributed by atoms with Crippen LogP contribution < -0.4 is 0 Å². The molecule has 1 aliphatic heterocycles. The summed E-state index contributed by atoms with van der Waals surface area (Å²) in [5, 5.41) is 8.23. The van der Waals surface area contributed by atoms with Gasteiger partial charge in [0.15, 0.2) is 12.2 Å². The van der Waals surface area contributed by atoms with Crippen molar-refractivity contribution in [2.45, 2.75) is 61.1 Å². The van der Waals surface area contributed by atoms with Gasteiger partial charge in [0.25, 0.3) is 3.79 Å². The Bertz CT molecular complexity index is 1200. The van der Waals surface area contributed by atoms with Crippen molar-refractivity contribution < 1.29 is 42.7 Å². The van der Waals surface area contributed by atoms with E-state index >= 15 is 0 Å². The smallest absolute Gasteiger partial charge is 0.339 e. The molecule has 0 aromatic heterocycles. The van der Waals surface area contributed by atoms with E-state index in [1.165, 1.54) is 13.0 Å². The number of nitrogens with one attached hydrogen (secondary N) is 1. The molecule has 0 amide bonds. The second-order valence-electron chi connectivity index (χ2n) is 9.28. The highest BCUT2D eigenvalue weighted by molar-refractivity contribution is 6.76. The quantitative estimate of drug-likeness (QED) is 0.0924. The topological polar surface area (TPSA) is 123 Å². The van der Waals surface area contributed by atoms with Gasteiger partial charge < -0.3 is 33.2 Å². The maximum absolute atomic E-state index is 13.2. The van der Waals surface area contributed by atoms with Crippen molar-refractivity contribution >= 4 is 52.6 Å². The lowest BCUT2D eigenvalue weighted by molar-refractivity contribution is -0.313. The number of carbonyl (C=O) groups excluding carboxylic acids is 2. The number of alkyl halides is 3. The third-order valence-corrected chi connectivity index (χ3v) is 6.64. The molecule has 0 saturated carbocycles. The van der Waals surface area contributed by atoms with E-state index in [0.717, 1.165) is 5.56 Å². The van der Waals surface area contributed by atoms with Crippen LogP contribution in [-0.4, -0.2) is 72.2 Å². The first-order chi connectivity index (χ1) is 20.5. The second-order valence-corrected chi connectivity index (χ2v) is 11.6. The van der Waals surface area contributed by atoms with Gasteiger partial charge in [0, 0.05) is 6.92 Å². The SMILES string of the molecule is C=CCO[C@H]1[C@H](OCc2ccccc2)[C@@H](COC(C)=O)OC(OC(=N)C(Cl)(Cl)Cl)[C@@H]1O[C@@H](C(=O)OCC)c1ccccc1. The molecule has 0 aliphatic carbocycles. The average molecular weight is 659 g/mol. The minimum Gasteiger partial charge on any atom is -0.464 e. The molecule has 0 radical (unpaired) electrons. The van der Waals surface area contributed by atoms with Gasteiger partial charge in [0.2, 0.25) is 12.2 Å². The van der Waals surface area contributed by atoms with Gasteiger partial charge in [-0.25, -0.2) is 4.79 Å². The molecular formula is C30H34Cl3NO9. The molecule has 1 unspecified atom stereocenters. The molecular weight excluding hydrogens is 625 g/mol. The molecule has 2 aromatic rings. The van der Waals surface area contributed by atoms with E-state index in [0.29, 0.717) is 5.56 Å². The summed E-state index contributed by atoms with van der Waals surface area (Å²) in [4.78, 5) is 24.9. The zero-order valence-corrected chi connectivity index (χ0v) is 25.9. The maximum atomic E-state index is 13.2. The fourth-order valence-corrected chi connectivity index (χ4v) is 4.38. The third-order valence-electron chi connectivity index (χ3n) is 6.12. The first-order valence-electron chi connectivity index (χ1n) is 13.4. The minimum absolute atomic E-state index is 0.0278. The largest absolute Gasteiger partial charge is 0.464 e. The van der Waals surface area contributed by atoms with E-state index < -0.39 is 58.4 Å². The van der Waals surface area contributed by atoms with E-state index in [9.17, 15) is 9.59 Å². The summed E-state index contributed by atoms with van der Waals surface area (Å²) in [7, 11) is 0. The van der Waals surface area contributed by atoms with Crippen molar-refractivity contribution in [3.63, 3.8) is 0 Å². The lowest BCUT2D eigenvalue weighted by Crippen LogP contribution is -2.63. The van der Waals surface area contributed by atoms with Gasteiger partial charge in [-0.1, -0.05) is 102 Å². The van der Waals surface area contributed by atoms with Crippen LogP contribution in [0.3, 0.4) is 0 Å². The molecule has 1 heterocycles. The first-order valence-corrected chi connectivity index (χ1v) is 14.5. The molecule has 1 fully saturated rings. The number of esters is 2. The van der Waals surface area contributed by atoms with Crippen molar-refractivity contribution in [1.82, 2.24) is 0 Å². The van der Waals surface area contributed by atoms with Crippen molar-refractivity contribution in [1.29, 1.82) is 5.41 Å². The Morgan fingerprint density at radius 1 is 1.00 bits per heavy atom. The van der Waals surface area contributed by atoms with Crippen LogP contribution in [0, 0.1) is 5.41 Å². The highest BCUT2D eigenvalue weighted by Crippen LogP contribution is 2.36. The predicted octanol–water partition coefficient (Wildman–Crippen LogP) is 5.48. The first kappa shape index (κ1) is 34.8. The fourth-order valence-electron chi connectivity index (χ4n) is 4.24. The zero-order chi connectivity index (χ0) is 31.4. The summed E-state index contributed by atoms with van der Waals surface area (Å²) >= 11 is 17.8. The van der Waals surface area contributed by atoms with E-state index in [4.69, 9.17) is 73.4 Å².